The van der Waals surface area contributed by atoms with Crippen molar-refractivity contribution in [2.24, 2.45) is 0 Å². The van der Waals surface area contributed by atoms with E-state index in [-0.39, 0.29) is 6.42 Å². The zero-order valence-electron chi connectivity index (χ0n) is 20.9. The summed E-state index contributed by atoms with van der Waals surface area (Å²) in [5.41, 5.74) is 6.64. The first kappa shape index (κ1) is 23.5. The molecule has 4 aromatic rings. The largest absolute Gasteiger partial charge is 0.493 e. The van der Waals surface area contributed by atoms with Crippen LogP contribution in [0.15, 0.2) is 54.7 Å². The highest BCUT2D eigenvalue weighted by Gasteiger charge is 2.23. The summed E-state index contributed by atoms with van der Waals surface area (Å²) < 4.78 is 13.6. The number of rotatable bonds is 8. The molecule has 0 radical (unpaired) electrons. The van der Waals surface area contributed by atoms with E-state index in [4.69, 9.17) is 14.5 Å². The van der Waals surface area contributed by atoms with Gasteiger partial charge < -0.3 is 14.6 Å². The molecule has 1 aliphatic heterocycles. The molecular formula is C30H31N3O4. The van der Waals surface area contributed by atoms with E-state index >= 15 is 0 Å². The highest BCUT2D eigenvalue weighted by Crippen LogP contribution is 2.33. The molecule has 0 saturated carbocycles. The van der Waals surface area contributed by atoms with E-state index < -0.39 is 12.0 Å². The van der Waals surface area contributed by atoms with Gasteiger partial charge in [0.1, 0.15) is 11.5 Å². The van der Waals surface area contributed by atoms with Gasteiger partial charge in [-0.2, -0.15) is 5.10 Å². The summed E-state index contributed by atoms with van der Waals surface area (Å²) in [6.07, 6.45) is 9.09. The van der Waals surface area contributed by atoms with Crippen LogP contribution in [0.5, 0.6) is 11.5 Å². The van der Waals surface area contributed by atoms with Gasteiger partial charge in [0.15, 0.2) is 0 Å². The van der Waals surface area contributed by atoms with Gasteiger partial charge in [-0.1, -0.05) is 12.1 Å². The summed E-state index contributed by atoms with van der Waals surface area (Å²) in [6, 6.07) is 15.8. The molecule has 2 aromatic carbocycles. The fraction of sp³-hybridized carbons (Fsp3) is 0.367. The number of carboxylic acids is 1. The van der Waals surface area contributed by atoms with Crippen molar-refractivity contribution >= 4 is 16.9 Å². The number of benzene rings is 2. The van der Waals surface area contributed by atoms with Gasteiger partial charge in [-0.15, -0.1) is 0 Å². The summed E-state index contributed by atoms with van der Waals surface area (Å²) in [6.45, 7) is 1.27. The molecule has 2 aromatic heterocycles. The molecule has 37 heavy (non-hydrogen) atoms. The van der Waals surface area contributed by atoms with Crippen LogP contribution in [0.2, 0.25) is 0 Å². The van der Waals surface area contributed by atoms with Gasteiger partial charge in [0.25, 0.3) is 0 Å². The summed E-state index contributed by atoms with van der Waals surface area (Å²) in [5, 5.41) is 15.2. The monoisotopic (exact) mass is 497 g/mol. The Morgan fingerprint density at radius 2 is 1.92 bits per heavy atom. The van der Waals surface area contributed by atoms with Crippen molar-refractivity contribution in [3.63, 3.8) is 0 Å². The van der Waals surface area contributed by atoms with E-state index in [0.717, 1.165) is 77.9 Å². The zero-order valence-corrected chi connectivity index (χ0v) is 20.9. The van der Waals surface area contributed by atoms with E-state index in [9.17, 15) is 9.90 Å². The molecule has 1 unspecified atom stereocenters. The predicted octanol–water partition coefficient (Wildman–Crippen LogP) is 5.32. The minimum atomic E-state index is -0.863. The maximum atomic E-state index is 11.8. The Bertz CT molecular complexity index is 1440. The number of carboxylic acid groups (broad SMARTS) is 1. The fourth-order valence-electron chi connectivity index (χ4n) is 5.51. The van der Waals surface area contributed by atoms with Crippen molar-refractivity contribution in [1.29, 1.82) is 0 Å². The molecule has 1 aliphatic carbocycles. The number of hydrogen-bond donors (Lipinski definition) is 1. The average molecular weight is 498 g/mol. The average Bonchev–Trinajstić information content (AvgIpc) is 3.34. The first-order valence-electron chi connectivity index (χ1n) is 13.2. The minimum Gasteiger partial charge on any atom is -0.493 e. The minimum absolute atomic E-state index is 0.0531. The second-order valence-corrected chi connectivity index (χ2v) is 9.96. The molecular weight excluding hydrogens is 466 g/mol. The molecule has 1 N–H and O–H groups in total. The summed E-state index contributed by atoms with van der Waals surface area (Å²) in [5.74, 6) is 0.797. The van der Waals surface area contributed by atoms with E-state index in [1.54, 1.807) is 6.20 Å². The van der Waals surface area contributed by atoms with Crippen molar-refractivity contribution < 1.29 is 19.4 Å². The first-order chi connectivity index (χ1) is 18.1. The van der Waals surface area contributed by atoms with Crippen molar-refractivity contribution in [2.75, 3.05) is 13.2 Å². The van der Waals surface area contributed by atoms with Crippen LogP contribution >= 0.6 is 0 Å². The number of carbonyl (C=O) groups is 1. The van der Waals surface area contributed by atoms with Crippen LogP contribution in [0.3, 0.4) is 0 Å². The van der Waals surface area contributed by atoms with Crippen LogP contribution in [0.1, 0.15) is 59.8 Å². The van der Waals surface area contributed by atoms with E-state index in [0.29, 0.717) is 6.61 Å². The number of hydrogen-bond acceptors (Lipinski definition) is 5. The summed E-state index contributed by atoms with van der Waals surface area (Å²) in [7, 11) is 0. The maximum absolute atomic E-state index is 11.8. The normalized spacial score (nSPS) is 15.5. The first-order valence-corrected chi connectivity index (χ1v) is 13.2. The van der Waals surface area contributed by atoms with Crippen molar-refractivity contribution in [3.8, 4) is 11.5 Å². The van der Waals surface area contributed by atoms with Gasteiger partial charge >= 0.3 is 5.97 Å². The topological polar surface area (TPSA) is 86.5 Å². The van der Waals surface area contributed by atoms with E-state index in [1.807, 2.05) is 35.0 Å². The van der Waals surface area contributed by atoms with Crippen molar-refractivity contribution in [3.05, 3.63) is 82.8 Å². The molecule has 6 rings (SSSR count). The van der Waals surface area contributed by atoms with E-state index in [2.05, 4.69) is 23.3 Å². The molecule has 7 nitrogen and oxygen atoms in total. The van der Waals surface area contributed by atoms with E-state index in [1.165, 1.54) is 24.1 Å². The van der Waals surface area contributed by atoms with Gasteiger partial charge in [-0.3, -0.25) is 14.5 Å². The fourth-order valence-corrected chi connectivity index (χ4v) is 5.51. The molecule has 0 amide bonds. The molecule has 2 aliphatic rings. The van der Waals surface area contributed by atoms with Gasteiger partial charge in [0, 0.05) is 23.2 Å². The predicted molar refractivity (Wildman–Crippen MR) is 140 cm³/mol. The Hall–Kier alpha value is -3.87. The zero-order chi connectivity index (χ0) is 25.2. The molecule has 0 bridgehead atoms. The lowest BCUT2D eigenvalue weighted by atomic mass is 9.96. The van der Waals surface area contributed by atoms with Crippen LogP contribution < -0.4 is 9.47 Å². The Morgan fingerprint density at radius 3 is 2.84 bits per heavy atom. The number of aryl methyl sites for hydroxylation is 3. The second-order valence-electron chi connectivity index (χ2n) is 9.96. The maximum Gasteiger partial charge on any atom is 0.305 e. The van der Waals surface area contributed by atoms with Gasteiger partial charge in [0.2, 0.25) is 0 Å². The lowest BCUT2D eigenvalue weighted by molar-refractivity contribution is -0.137. The third-order valence-corrected chi connectivity index (χ3v) is 7.41. The van der Waals surface area contributed by atoms with Crippen LogP contribution in [0, 0.1) is 0 Å². The molecule has 0 spiro atoms. The quantitative estimate of drug-likeness (QED) is 0.355. The number of nitrogens with zero attached hydrogens (tertiary/aromatic N) is 3. The van der Waals surface area contributed by atoms with Crippen molar-refractivity contribution in [2.45, 2.75) is 57.4 Å². The lowest BCUT2D eigenvalue weighted by Crippen LogP contribution is -2.17. The van der Waals surface area contributed by atoms with Gasteiger partial charge in [-0.25, -0.2) is 0 Å². The molecule has 190 valence electrons. The number of ether oxygens (including phenoxy) is 2. The molecule has 7 heteroatoms. The number of aromatic nitrogens is 3. The van der Waals surface area contributed by atoms with Crippen LogP contribution in [0.4, 0.5) is 0 Å². The molecule has 3 heterocycles. The third kappa shape index (κ3) is 5.03. The molecule has 1 atom stereocenters. The molecule has 0 saturated heterocycles. The highest BCUT2D eigenvalue weighted by molar-refractivity contribution is 5.81. The van der Waals surface area contributed by atoms with Crippen LogP contribution in [-0.2, 0) is 30.5 Å². The standard InChI is InChI=1S/C30H31N3O4/c34-30(35)18-28(21-8-12-29-22(16-21)5-3-14-37-29)33-27-11-10-25(17-23(27)19-31-33)36-15-13-24-9-7-20-4-1-2-6-26(20)32-24/h7-12,16-17,19,28H,1-6,13-15,18H2,(H,34,35). The number of fused-ring (bicyclic) bond motifs is 3. The van der Waals surface area contributed by atoms with Gasteiger partial charge in [-0.05, 0) is 91.6 Å². The Balaban J connectivity index is 1.19. The Labute approximate surface area is 216 Å². The summed E-state index contributed by atoms with van der Waals surface area (Å²) >= 11 is 0. The highest BCUT2D eigenvalue weighted by atomic mass is 16.5. The SMILES string of the molecule is O=C(O)CC(c1ccc2c(c1)CCCO2)n1ncc2cc(OCCc3ccc4c(n3)CCCC4)ccc21. The van der Waals surface area contributed by atoms with Crippen LogP contribution in [0.25, 0.3) is 10.9 Å². The second kappa shape index (κ2) is 10.2. The molecule has 0 fully saturated rings. The lowest BCUT2D eigenvalue weighted by Gasteiger charge is -2.22. The van der Waals surface area contributed by atoms with Crippen LogP contribution in [-0.4, -0.2) is 39.1 Å². The smallest absolute Gasteiger partial charge is 0.305 e. The number of aliphatic carboxylic acids is 1. The van der Waals surface area contributed by atoms with Crippen molar-refractivity contribution in [1.82, 2.24) is 14.8 Å². The van der Waals surface area contributed by atoms with Gasteiger partial charge in [0.05, 0.1) is 37.4 Å². The summed E-state index contributed by atoms with van der Waals surface area (Å²) in [4.78, 5) is 16.6. The Morgan fingerprint density at radius 1 is 1.03 bits per heavy atom. The number of pyridine rings is 1. The Kier molecular flexibility index (Phi) is 6.51. The third-order valence-electron chi connectivity index (χ3n) is 7.41.